The summed E-state index contributed by atoms with van der Waals surface area (Å²) in [5, 5.41) is 0. The molecule has 0 aliphatic heterocycles. The maximum atomic E-state index is 4.21. The molecule has 2 fully saturated rings. The smallest absolute Gasteiger partial charge is 0.00907 e. The normalized spacial score (nSPS) is 44.1. The summed E-state index contributed by atoms with van der Waals surface area (Å²) in [4.78, 5) is 0. The lowest BCUT2D eigenvalue weighted by Gasteiger charge is -2.37. The Balaban J connectivity index is 2.23. The molecule has 0 amide bonds. The summed E-state index contributed by atoms with van der Waals surface area (Å²) in [5.74, 6) is 0.990. The Bertz CT molecular complexity index is 180. The Kier molecular flexibility index (Phi) is 1.59. The molecule has 0 spiro atoms. The summed E-state index contributed by atoms with van der Waals surface area (Å²) in [6.07, 6.45) is 8.52. The van der Waals surface area contributed by atoms with Crippen LogP contribution in [0.15, 0.2) is 12.2 Å². The quantitative estimate of drug-likeness (QED) is 0.463. The second kappa shape index (κ2) is 2.36. The molecule has 0 aromatic heterocycles. The minimum atomic E-state index is 0.554. The highest BCUT2D eigenvalue weighted by atomic mass is 14.5. The van der Waals surface area contributed by atoms with Crippen LogP contribution in [-0.4, -0.2) is 0 Å². The maximum absolute atomic E-state index is 4.21. The van der Waals surface area contributed by atoms with Gasteiger partial charge in [-0.3, -0.25) is 0 Å². The third kappa shape index (κ3) is 0.953. The largest absolute Gasteiger partial charge is 0.0993 e. The molecule has 0 saturated heterocycles. The van der Waals surface area contributed by atoms with Crippen molar-refractivity contribution in [3.05, 3.63) is 12.2 Å². The van der Waals surface area contributed by atoms with Crippen molar-refractivity contribution in [2.45, 2.75) is 45.4 Å². The van der Waals surface area contributed by atoms with Gasteiger partial charge in [0.2, 0.25) is 0 Å². The van der Waals surface area contributed by atoms with Gasteiger partial charge < -0.3 is 0 Å². The molecule has 0 bridgehead atoms. The van der Waals surface area contributed by atoms with E-state index in [9.17, 15) is 0 Å². The predicted molar refractivity (Wildman–Crippen MR) is 48.4 cm³/mol. The van der Waals surface area contributed by atoms with Crippen LogP contribution in [-0.2, 0) is 0 Å². The van der Waals surface area contributed by atoms with Crippen molar-refractivity contribution in [3.63, 3.8) is 0 Å². The summed E-state index contributed by atoms with van der Waals surface area (Å²) in [5.41, 5.74) is 2.10. The Labute approximate surface area is 69.7 Å². The third-order valence-electron chi connectivity index (χ3n) is 4.00. The minimum absolute atomic E-state index is 0.554. The van der Waals surface area contributed by atoms with E-state index in [4.69, 9.17) is 0 Å². The van der Waals surface area contributed by atoms with Crippen molar-refractivity contribution >= 4 is 0 Å². The van der Waals surface area contributed by atoms with Gasteiger partial charge in [-0.25, -0.2) is 0 Å². The number of rotatable bonds is 0. The van der Waals surface area contributed by atoms with Crippen molar-refractivity contribution in [1.82, 2.24) is 0 Å². The van der Waals surface area contributed by atoms with E-state index in [0.717, 1.165) is 5.92 Å². The number of hydrogen-bond acceptors (Lipinski definition) is 0. The van der Waals surface area contributed by atoms with E-state index in [1.165, 1.54) is 38.5 Å². The molecule has 2 rings (SSSR count). The number of fused-ring (bicyclic) bond motifs is 1. The van der Waals surface area contributed by atoms with Gasteiger partial charge in [-0.1, -0.05) is 31.9 Å². The van der Waals surface area contributed by atoms with E-state index in [1.807, 2.05) is 0 Å². The SMILES string of the molecule is C=C1CCC2CCCCC12C. The lowest BCUT2D eigenvalue weighted by molar-refractivity contribution is 0.189. The second-order valence-corrected chi connectivity index (χ2v) is 4.50. The van der Waals surface area contributed by atoms with Gasteiger partial charge in [-0.15, -0.1) is 0 Å². The van der Waals surface area contributed by atoms with Crippen LogP contribution in [0.25, 0.3) is 0 Å². The van der Waals surface area contributed by atoms with Crippen molar-refractivity contribution < 1.29 is 0 Å². The fourth-order valence-electron chi connectivity index (χ4n) is 2.97. The van der Waals surface area contributed by atoms with Crippen molar-refractivity contribution in [2.75, 3.05) is 0 Å². The molecule has 0 N–H and O–H groups in total. The van der Waals surface area contributed by atoms with Gasteiger partial charge in [0.25, 0.3) is 0 Å². The van der Waals surface area contributed by atoms with Gasteiger partial charge in [-0.2, -0.15) is 0 Å². The van der Waals surface area contributed by atoms with Crippen LogP contribution >= 0.6 is 0 Å². The molecule has 2 unspecified atom stereocenters. The molecule has 2 atom stereocenters. The molecule has 0 heteroatoms. The average Bonchev–Trinajstić information content (AvgIpc) is 2.29. The molecule has 0 nitrogen and oxygen atoms in total. The van der Waals surface area contributed by atoms with Crippen molar-refractivity contribution in [2.24, 2.45) is 11.3 Å². The molecule has 0 aromatic carbocycles. The first-order valence-electron chi connectivity index (χ1n) is 4.92. The molecular weight excluding hydrogens is 132 g/mol. The summed E-state index contributed by atoms with van der Waals surface area (Å²) >= 11 is 0. The van der Waals surface area contributed by atoms with E-state index >= 15 is 0 Å². The minimum Gasteiger partial charge on any atom is -0.0993 e. The summed E-state index contributed by atoms with van der Waals surface area (Å²) in [6, 6.07) is 0. The Hall–Kier alpha value is -0.260. The van der Waals surface area contributed by atoms with Crippen LogP contribution in [0.3, 0.4) is 0 Å². The van der Waals surface area contributed by atoms with E-state index in [1.54, 1.807) is 5.57 Å². The first-order valence-corrected chi connectivity index (χ1v) is 4.92. The van der Waals surface area contributed by atoms with Crippen molar-refractivity contribution in [1.29, 1.82) is 0 Å². The highest BCUT2D eigenvalue weighted by Gasteiger charge is 2.42. The molecular formula is C11H18. The Morgan fingerprint density at radius 2 is 2.18 bits per heavy atom. The van der Waals surface area contributed by atoms with E-state index < -0.39 is 0 Å². The van der Waals surface area contributed by atoms with Gasteiger partial charge in [0.1, 0.15) is 0 Å². The number of allylic oxidation sites excluding steroid dienone is 1. The first kappa shape index (κ1) is 7.39. The summed E-state index contributed by atoms with van der Waals surface area (Å²) in [6.45, 7) is 6.65. The molecule has 0 radical (unpaired) electrons. The van der Waals surface area contributed by atoms with Crippen molar-refractivity contribution in [3.8, 4) is 0 Å². The van der Waals surface area contributed by atoms with Crippen LogP contribution in [0.5, 0.6) is 0 Å². The molecule has 11 heavy (non-hydrogen) atoms. The van der Waals surface area contributed by atoms with Gasteiger partial charge in [0.15, 0.2) is 0 Å². The van der Waals surface area contributed by atoms with E-state index in [0.29, 0.717) is 5.41 Å². The van der Waals surface area contributed by atoms with Crippen LogP contribution < -0.4 is 0 Å². The zero-order valence-electron chi connectivity index (χ0n) is 7.53. The fourth-order valence-corrected chi connectivity index (χ4v) is 2.97. The lowest BCUT2D eigenvalue weighted by atomic mass is 9.68. The van der Waals surface area contributed by atoms with Crippen LogP contribution in [0, 0.1) is 11.3 Å². The summed E-state index contributed by atoms with van der Waals surface area (Å²) < 4.78 is 0. The highest BCUT2D eigenvalue weighted by molar-refractivity contribution is 5.17. The van der Waals surface area contributed by atoms with Gasteiger partial charge in [-0.05, 0) is 37.0 Å². The highest BCUT2D eigenvalue weighted by Crippen LogP contribution is 2.54. The molecule has 0 aromatic rings. The average molecular weight is 150 g/mol. The van der Waals surface area contributed by atoms with Gasteiger partial charge in [0.05, 0.1) is 0 Å². The van der Waals surface area contributed by atoms with Gasteiger partial charge in [0, 0.05) is 0 Å². The van der Waals surface area contributed by atoms with E-state index in [2.05, 4.69) is 13.5 Å². The monoisotopic (exact) mass is 150 g/mol. The third-order valence-corrected chi connectivity index (χ3v) is 4.00. The Morgan fingerprint density at radius 3 is 2.91 bits per heavy atom. The zero-order chi connectivity index (χ0) is 7.90. The molecule has 62 valence electrons. The molecule has 2 aliphatic carbocycles. The lowest BCUT2D eigenvalue weighted by Crippen LogP contribution is -2.26. The van der Waals surface area contributed by atoms with E-state index in [-0.39, 0.29) is 0 Å². The second-order valence-electron chi connectivity index (χ2n) is 4.50. The van der Waals surface area contributed by atoms with Crippen LogP contribution in [0.2, 0.25) is 0 Å². The number of hydrogen-bond donors (Lipinski definition) is 0. The van der Waals surface area contributed by atoms with Crippen LogP contribution in [0.1, 0.15) is 45.4 Å². The maximum Gasteiger partial charge on any atom is -0.00907 e. The van der Waals surface area contributed by atoms with Gasteiger partial charge >= 0.3 is 0 Å². The predicted octanol–water partition coefficient (Wildman–Crippen LogP) is 3.53. The standard InChI is InChI=1S/C11H18/c1-9-6-7-10-5-3-4-8-11(9,10)2/h10H,1,3-8H2,2H3. The zero-order valence-corrected chi connectivity index (χ0v) is 7.53. The summed E-state index contributed by atoms with van der Waals surface area (Å²) in [7, 11) is 0. The molecule has 0 heterocycles. The fraction of sp³-hybridized carbons (Fsp3) is 0.818. The topological polar surface area (TPSA) is 0 Å². The first-order chi connectivity index (χ1) is 5.23. The molecule has 2 saturated carbocycles. The molecule has 2 aliphatic rings. The van der Waals surface area contributed by atoms with Crippen LogP contribution in [0.4, 0.5) is 0 Å². The Morgan fingerprint density at radius 1 is 1.36 bits per heavy atom.